The molecule has 0 saturated carbocycles. The molecule has 3 heterocycles. The third-order valence-electron chi connectivity index (χ3n) is 2.99. The fraction of sp³-hybridized carbons (Fsp3) is 0.200. The summed E-state index contributed by atoms with van der Waals surface area (Å²) in [7, 11) is 1.50. The van der Waals surface area contributed by atoms with Crippen LogP contribution in [0.5, 0.6) is 5.88 Å². The summed E-state index contributed by atoms with van der Waals surface area (Å²) in [5, 5.41) is 9.80. The van der Waals surface area contributed by atoms with Crippen LogP contribution in [0.3, 0.4) is 0 Å². The number of aromatic nitrogens is 3. The van der Waals surface area contributed by atoms with Gasteiger partial charge in [0.05, 0.1) is 17.6 Å². The first-order valence-corrected chi connectivity index (χ1v) is 7.63. The standard InChI is InChI=1S/C15H13N3O4S/c1-9(13-17-18-14(22-13)11-4-3-7-23-11)21-15(19)10-5-6-12(20-2)16-8-10/h3-9H,1-2H3. The predicted octanol–water partition coefficient (Wildman–Crippen LogP) is 3.12. The van der Waals surface area contributed by atoms with Gasteiger partial charge in [-0.25, -0.2) is 9.78 Å². The minimum absolute atomic E-state index is 0.239. The summed E-state index contributed by atoms with van der Waals surface area (Å²) in [4.78, 5) is 16.9. The van der Waals surface area contributed by atoms with Gasteiger partial charge in [-0.05, 0) is 24.4 Å². The van der Waals surface area contributed by atoms with Crippen LogP contribution in [-0.2, 0) is 4.74 Å². The van der Waals surface area contributed by atoms with Gasteiger partial charge in [-0.2, -0.15) is 0 Å². The maximum absolute atomic E-state index is 12.1. The summed E-state index contributed by atoms with van der Waals surface area (Å²) in [6.45, 7) is 1.67. The van der Waals surface area contributed by atoms with Crippen LogP contribution < -0.4 is 4.74 Å². The minimum Gasteiger partial charge on any atom is -0.481 e. The van der Waals surface area contributed by atoms with E-state index in [4.69, 9.17) is 13.9 Å². The smallest absolute Gasteiger partial charge is 0.340 e. The van der Waals surface area contributed by atoms with E-state index in [0.29, 0.717) is 17.3 Å². The molecule has 0 amide bonds. The SMILES string of the molecule is COc1ccc(C(=O)OC(C)c2nnc(-c3cccs3)o2)cn1. The van der Waals surface area contributed by atoms with Crippen LogP contribution in [0.2, 0.25) is 0 Å². The second-order valence-electron chi connectivity index (χ2n) is 4.56. The zero-order valence-corrected chi connectivity index (χ0v) is 13.2. The van der Waals surface area contributed by atoms with Gasteiger partial charge in [0.1, 0.15) is 0 Å². The first kappa shape index (κ1) is 15.2. The van der Waals surface area contributed by atoms with Crippen molar-refractivity contribution >= 4 is 17.3 Å². The summed E-state index contributed by atoms with van der Waals surface area (Å²) < 4.78 is 15.8. The van der Waals surface area contributed by atoms with E-state index in [9.17, 15) is 4.79 Å². The number of ether oxygens (including phenoxy) is 2. The Morgan fingerprint density at radius 1 is 1.30 bits per heavy atom. The lowest BCUT2D eigenvalue weighted by molar-refractivity contribution is 0.0279. The highest BCUT2D eigenvalue weighted by Gasteiger charge is 2.20. The van der Waals surface area contributed by atoms with Crippen LogP contribution in [0.25, 0.3) is 10.8 Å². The lowest BCUT2D eigenvalue weighted by atomic mass is 10.3. The van der Waals surface area contributed by atoms with Crippen molar-refractivity contribution in [2.45, 2.75) is 13.0 Å². The second kappa shape index (κ2) is 6.57. The van der Waals surface area contributed by atoms with Gasteiger partial charge in [0.15, 0.2) is 6.10 Å². The molecule has 0 aliphatic carbocycles. The molecule has 0 radical (unpaired) electrons. The molecule has 3 rings (SSSR count). The Hall–Kier alpha value is -2.74. The molecule has 0 aliphatic heterocycles. The summed E-state index contributed by atoms with van der Waals surface area (Å²) in [6.07, 6.45) is 0.726. The van der Waals surface area contributed by atoms with Crippen molar-refractivity contribution in [2.24, 2.45) is 0 Å². The van der Waals surface area contributed by atoms with Gasteiger partial charge < -0.3 is 13.9 Å². The first-order valence-electron chi connectivity index (χ1n) is 6.75. The number of pyridine rings is 1. The van der Waals surface area contributed by atoms with Gasteiger partial charge in [-0.3, -0.25) is 0 Å². The number of methoxy groups -OCH3 is 1. The average molecular weight is 331 g/mol. The monoisotopic (exact) mass is 331 g/mol. The van der Waals surface area contributed by atoms with Gasteiger partial charge in [-0.1, -0.05) is 6.07 Å². The molecule has 0 aromatic carbocycles. The maximum atomic E-state index is 12.1. The lowest BCUT2D eigenvalue weighted by Crippen LogP contribution is -2.10. The first-order chi connectivity index (χ1) is 11.2. The van der Waals surface area contributed by atoms with E-state index in [1.165, 1.54) is 24.6 Å². The molecule has 0 spiro atoms. The van der Waals surface area contributed by atoms with E-state index in [1.807, 2.05) is 17.5 Å². The Balaban J connectivity index is 1.68. The molecule has 8 heteroatoms. The van der Waals surface area contributed by atoms with Gasteiger partial charge in [0, 0.05) is 12.3 Å². The van der Waals surface area contributed by atoms with Crippen molar-refractivity contribution in [1.82, 2.24) is 15.2 Å². The summed E-state index contributed by atoms with van der Waals surface area (Å²) in [5.74, 6) is 0.544. The predicted molar refractivity (Wildman–Crippen MR) is 82.2 cm³/mol. The number of esters is 1. The number of rotatable bonds is 5. The van der Waals surface area contributed by atoms with Crippen molar-refractivity contribution < 1.29 is 18.7 Å². The normalized spacial score (nSPS) is 11.9. The van der Waals surface area contributed by atoms with E-state index in [2.05, 4.69) is 15.2 Å². The van der Waals surface area contributed by atoms with Crippen molar-refractivity contribution in [1.29, 1.82) is 0 Å². The molecule has 1 atom stereocenters. The highest BCUT2D eigenvalue weighted by Crippen LogP contribution is 2.26. The van der Waals surface area contributed by atoms with Crippen molar-refractivity contribution in [3.8, 4) is 16.6 Å². The summed E-state index contributed by atoms with van der Waals surface area (Å²) in [5.41, 5.74) is 0.315. The van der Waals surface area contributed by atoms with Gasteiger partial charge in [0.2, 0.25) is 5.88 Å². The van der Waals surface area contributed by atoms with E-state index in [-0.39, 0.29) is 5.89 Å². The molecule has 0 bridgehead atoms. The third kappa shape index (κ3) is 3.37. The van der Waals surface area contributed by atoms with E-state index >= 15 is 0 Å². The highest BCUT2D eigenvalue weighted by molar-refractivity contribution is 7.13. The molecule has 3 aromatic heterocycles. The number of carbonyl (C=O) groups excluding carboxylic acids is 1. The molecular weight excluding hydrogens is 318 g/mol. The minimum atomic E-state index is -0.661. The summed E-state index contributed by atoms with van der Waals surface area (Å²) >= 11 is 1.49. The second-order valence-corrected chi connectivity index (χ2v) is 5.51. The molecule has 7 nitrogen and oxygen atoms in total. The molecule has 0 N–H and O–H groups in total. The molecule has 3 aromatic rings. The van der Waals surface area contributed by atoms with Crippen LogP contribution in [0.1, 0.15) is 29.3 Å². The van der Waals surface area contributed by atoms with Crippen LogP contribution in [0.15, 0.2) is 40.3 Å². The van der Waals surface area contributed by atoms with Gasteiger partial charge in [0.25, 0.3) is 11.8 Å². The van der Waals surface area contributed by atoms with E-state index in [0.717, 1.165) is 4.88 Å². The number of nitrogens with zero attached hydrogens (tertiary/aromatic N) is 3. The van der Waals surface area contributed by atoms with Crippen LogP contribution in [0.4, 0.5) is 0 Å². The van der Waals surface area contributed by atoms with Crippen molar-refractivity contribution in [3.63, 3.8) is 0 Å². The number of hydrogen-bond acceptors (Lipinski definition) is 8. The fourth-order valence-corrected chi connectivity index (χ4v) is 2.44. The Morgan fingerprint density at radius 3 is 2.83 bits per heavy atom. The highest BCUT2D eigenvalue weighted by atomic mass is 32.1. The number of hydrogen-bond donors (Lipinski definition) is 0. The summed E-state index contributed by atoms with van der Waals surface area (Å²) in [6, 6.07) is 6.93. The largest absolute Gasteiger partial charge is 0.481 e. The zero-order valence-electron chi connectivity index (χ0n) is 12.4. The zero-order chi connectivity index (χ0) is 16.2. The van der Waals surface area contributed by atoms with Crippen molar-refractivity contribution in [2.75, 3.05) is 7.11 Å². The van der Waals surface area contributed by atoms with Crippen LogP contribution in [0, 0.1) is 0 Å². The fourth-order valence-electron chi connectivity index (χ4n) is 1.80. The number of carbonyl (C=O) groups is 1. The Kier molecular flexibility index (Phi) is 4.33. The molecule has 0 aliphatic rings. The van der Waals surface area contributed by atoms with Crippen molar-refractivity contribution in [3.05, 3.63) is 47.3 Å². The molecule has 23 heavy (non-hydrogen) atoms. The van der Waals surface area contributed by atoms with E-state index in [1.54, 1.807) is 19.1 Å². The van der Waals surface area contributed by atoms with Gasteiger partial charge >= 0.3 is 5.97 Å². The maximum Gasteiger partial charge on any atom is 0.340 e. The van der Waals surface area contributed by atoms with Crippen LogP contribution in [-0.4, -0.2) is 28.3 Å². The quantitative estimate of drug-likeness (QED) is 0.664. The topological polar surface area (TPSA) is 87.3 Å². The van der Waals surface area contributed by atoms with E-state index < -0.39 is 12.1 Å². The molecule has 0 fully saturated rings. The number of thiophene rings is 1. The Bertz CT molecular complexity index is 783. The Morgan fingerprint density at radius 2 is 2.17 bits per heavy atom. The molecule has 1 unspecified atom stereocenters. The third-order valence-corrected chi connectivity index (χ3v) is 3.84. The molecule has 0 saturated heterocycles. The van der Waals surface area contributed by atoms with Gasteiger partial charge in [-0.15, -0.1) is 21.5 Å². The average Bonchev–Trinajstić information content (AvgIpc) is 3.25. The Labute approximate surface area is 135 Å². The lowest BCUT2D eigenvalue weighted by Gasteiger charge is -2.09. The molecule has 118 valence electrons. The van der Waals surface area contributed by atoms with Crippen LogP contribution >= 0.6 is 11.3 Å². The molecular formula is C15H13N3O4S.